The maximum absolute atomic E-state index is 13.2. The third-order valence-corrected chi connectivity index (χ3v) is 4.25. The molecule has 3 heteroatoms. The molecular weight excluding hydrogens is 268 g/mol. The van der Waals surface area contributed by atoms with Crippen molar-refractivity contribution in [1.29, 1.82) is 0 Å². The van der Waals surface area contributed by atoms with E-state index in [1.807, 2.05) is 24.3 Å². The molecule has 109 valence electrons. The summed E-state index contributed by atoms with van der Waals surface area (Å²) in [6.45, 7) is 1.76. The van der Waals surface area contributed by atoms with Crippen LogP contribution in [0.5, 0.6) is 0 Å². The molecule has 0 amide bonds. The van der Waals surface area contributed by atoms with Crippen LogP contribution in [0.4, 0.5) is 8.78 Å². The van der Waals surface area contributed by atoms with Gasteiger partial charge in [0.1, 0.15) is 11.6 Å². The Morgan fingerprint density at radius 2 is 1.19 bits per heavy atom. The molecule has 1 saturated heterocycles. The highest BCUT2D eigenvalue weighted by atomic mass is 19.1. The molecular formula is C18H18F2N. The first-order valence-electron chi connectivity index (χ1n) is 7.38. The van der Waals surface area contributed by atoms with Gasteiger partial charge in [-0.1, -0.05) is 24.3 Å². The standard InChI is InChI=1S/C18H18F2N/c19-16-5-1-13(2-6-16)18(15-9-11-21-12-10-15)14-3-7-17(20)8-4-14/h1-8,15,18H,9-12H2. The lowest BCUT2D eigenvalue weighted by Gasteiger charge is -2.31. The van der Waals surface area contributed by atoms with Crippen LogP contribution in [0.25, 0.3) is 0 Å². The van der Waals surface area contributed by atoms with Crippen LogP contribution in [0.1, 0.15) is 29.9 Å². The van der Waals surface area contributed by atoms with E-state index < -0.39 is 0 Å². The van der Waals surface area contributed by atoms with Crippen molar-refractivity contribution in [1.82, 2.24) is 5.32 Å². The predicted octanol–water partition coefficient (Wildman–Crippen LogP) is 4.11. The SMILES string of the molecule is Fc1ccc(C(c2ccc(F)cc2)C2CC[N]CC2)cc1. The van der Waals surface area contributed by atoms with Gasteiger partial charge in [-0.15, -0.1) is 0 Å². The molecule has 3 rings (SSSR count). The van der Waals surface area contributed by atoms with Gasteiger partial charge in [0.15, 0.2) is 0 Å². The number of hydrogen-bond donors (Lipinski definition) is 0. The summed E-state index contributed by atoms with van der Waals surface area (Å²) in [4.78, 5) is 0. The van der Waals surface area contributed by atoms with Gasteiger partial charge in [-0.2, -0.15) is 0 Å². The van der Waals surface area contributed by atoms with E-state index in [1.165, 1.54) is 24.3 Å². The Kier molecular flexibility index (Phi) is 4.30. The van der Waals surface area contributed by atoms with E-state index in [9.17, 15) is 8.78 Å². The first-order valence-corrected chi connectivity index (χ1v) is 7.38. The van der Waals surface area contributed by atoms with Crippen molar-refractivity contribution in [2.45, 2.75) is 18.8 Å². The number of benzene rings is 2. The van der Waals surface area contributed by atoms with E-state index in [2.05, 4.69) is 5.32 Å². The molecule has 1 aliphatic rings. The highest BCUT2D eigenvalue weighted by Crippen LogP contribution is 2.37. The summed E-state index contributed by atoms with van der Waals surface area (Å²) in [7, 11) is 0. The number of nitrogens with zero attached hydrogens (tertiary/aromatic N) is 1. The third-order valence-electron chi connectivity index (χ3n) is 4.25. The molecule has 1 fully saturated rings. The predicted molar refractivity (Wildman–Crippen MR) is 79.2 cm³/mol. The van der Waals surface area contributed by atoms with Crippen LogP contribution in [-0.4, -0.2) is 13.1 Å². The van der Waals surface area contributed by atoms with Gasteiger partial charge in [0, 0.05) is 19.0 Å². The lowest BCUT2D eigenvalue weighted by molar-refractivity contribution is 0.338. The van der Waals surface area contributed by atoms with E-state index in [-0.39, 0.29) is 17.6 Å². The Bertz CT molecular complexity index is 526. The van der Waals surface area contributed by atoms with Gasteiger partial charge in [-0.3, -0.25) is 0 Å². The maximum atomic E-state index is 13.2. The second-order valence-electron chi connectivity index (χ2n) is 5.59. The number of rotatable bonds is 3. The molecule has 0 aromatic heterocycles. The Morgan fingerprint density at radius 1 is 0.762 bits per heavy atom. The van der Waals surface area contributed by atoms with Crippen LogP contribution < -0.4 is 5.32 Å². The number of halogens is 2. The summed E-state index contributed by atoms with van der Waals surface area (Å²) in [6.07, 6.45) is 2.05. The average molecular weight is 286 g/mol. The minimum absolute atomic E-state index is 0.182. The van der Waals surface area contributed by atoms with E-state index in [0.29, 0.717) is 5.92 Å². The highest BCUT2D eigenvalue weighted by Gasteiger charge is 2.26. The molecule has 0 N–H and O–H groups in total. The van der Waals surface area contributed by atoms with E-state index in [4.69, 9.17) is 0 Å². The Balaban J connectivity index is 1.97. The molecule has 2 aromatic rings. The van der Waals surface area contributed by atoms with E-state index in [1.54, 1.807) is 0 Å². The lowest BCUT2D eigenvalue weighted by Crippen LogP contribution is -2.27. The van der Waals surface area contributed by atoms with Gasteiger partial charge >= 0.3 is 0 Å². The van der Waals surface area contributed by atoms with E-state index >= 15 is 0 Å². The molecule has 2 aromatic carbocycles. The molecule has 0 spiro atoms. The molecule has 1 heterocycles. The second kappa shape index (κ2) is 6.35. The minimum Gasteiger partial charge on any atom is -0.242 e. The lowest BCUT2D eigenvalue weighted by atomic mass is 9.76. The van der Waals surface area contributed by atoms with Crippen LogP contribution in [0.15, 0.2) is 48.5 Å². The van der Waals surface area contributed by atoms with Crippen molar-refractivity contribution in [3.63, 3.8) is 0 Å². The number of piperidine rings is 1. The van der Waals surface area contributed by atoms with Gasteiger partial charge in [-0.25, -0.2) is 14.1 Å². The summed E-state index contributed by atoms with van der Waals surface area (Å²) < 4.78 is 26.4. The molecule has 21 heavy (non-hydrogen) atoms. The Morgan fingerprint density at radius 3 is 1.62 bits per heavy atom. The van der Waals surface area contributed by atoms with Crippen molar-refractivity contribution >= 4 is 0 Å². The van der Waals surface area contributed by atoms with Crippen LogP contribution in [0, 0.1) is 17.6 Å². The molecule has 1 nitrogen and oxygen atoms in total. The van der Waals surface area contributed by atoms with Gasteiger partial charge < -0.3 is 0 Å². The monoisotopic (exact) mass is 286 g/mol. The zero-order valence-electron chi connectivity index (χ0n) is 11.8. The Labute approximate surface area is 124 Å². The van der Waals surface area contributed by atoms with Gasteiger partial charge in [0.05, 0.1) is 0 Å². The van der Waals surface area contributed by atoms with Crippen molar-refractivity contribution < 1.29 is 8.78 Å². The fourth-order valence-corrected chi connectivity index (χ4v) is 3.18. The van der Waals surface area contributed by atoms with Crippen molar-refractivity contribution in [2.75, 3.05) is 13.1 Å². The first kappa shape index (κ1) is 14.2. The molecule has 1 aliphatic heterocycles. The summed E-state index contributed by atoms with van der Waals surface area (Å²) in [5, 5.41) is 4.41. The summed E-state index contributed by atoms with van der Waals surface area (Å²) >= 11 is 0. The van der Waals surface area contributed by atoms with E-state index in [0.717, 1.165) is 37.1 Å². The molecule has 0 saturated carbocycles. The quantitative estimate of drug-likeness (QED) is 0.806. The van der Waals surface area contributed by atoms with Crippen molar-refractivity contribution in [3.8, 4) is 0 Å². The molecule has 0 bridgehead atoms. The largest absolute Gasteiger partial charge is 0.242 e. The average Bonchev–Trinajstić information content (AvgIpc) is 2.52. The minimum atomic E-state index is -0.227. The zero-order chi connectivity index (χ0) is 14.7. The maximum Gasteiger partial charge on any atom is 0.123 e. The van der Waals surface area contributed by atoms with Crippen LogP contribution in [-0.2, 0) is 0 Å². The Hall–Kier alpha value is -1.74. The summed E-state index contributed by atoms with van der Waals surface area (Å²) in [6, 6.07) is 13.4. The summed E-state index contributed by atoms with van der Waals surface area (Å²) in [5.41, 5.74) is 2.19. The van der Waals surface area contributed by atoms with Gasteiger partial charge in [-0.05, 0) is 54.2 Å². The van der Waals surface area contributed by atoms with Crippen LogP contribution in [0.2, 0.25) is 0 Å². The molecule has 0 atom stereocenters. The second-order valence-corrected chi connectivity index (χ2v) is 5.59. The smallest absolute Gasteiger partial charge is 0.123 e. The molecule has 1 radical (unpaired) electrons. The molecule has 0 aliphatic carbocycles. The first-order chi connectivity index (χ1) is 10.2. The highest BCUT2D eigenvalue weighted by molar-refractivity contribution is 5.34. The fourth-order valence-electron chi connectivity index (χ4n) is 3.18. The van der Waals surface area contributed by atoms with Gasteiger partial charge in [0.2, 0.25) is 0 Å². The molecule has 0 unspecified atom stereocenters. The third kappa shape index (κ3) is 3.30. The van der Waals surface area contributed by atoms with Crippen molar-refractivity contribution in [3.05, 3.63) is 71.3 Å². The van der Waals surface area contributed by atoms with Crippen molar-refractivity contribution in [2.24, 2.45) is 5.92 Å². The fraction of sp³-hybridized carbons (Fsp3) is 0.333. The number of hydrogen-bond acceptors (Lipinski definition) is 0. The van der Waals surface area contributed by atoms with Crippen LogP contribution in [0.3, 0.4) is 0 Å². The topological polar surface area (TPSA) is 14.1 Å². The van der Waals surface area contributed by atoms with Crippen LogP contribution >= 0.6 is 0 Å². The normalized spacial score (nSPS) is 16.3. The zero-order valence-corrected chi connectivity index (χ0v) is 11.8. The van der Waals surface area contributed by atoms with Gasteiger partial charge in [0.25, 0.3) is 0 Å². The summed E-state index contributed by atoms with van der Waals surface area (Å²) in [5.74, 6) is 0.200.